The molecular formula is C16H24ClNOS. The summed E-state index contributed by atoms with van der Waals surface area (Å²) in [5.41, 5.74) is 1.22. The third-order valence-corrected chi connectivity index (χ3v) is 5.43. The van der Waals surface area contributed by atoms with Gasteiger partial charge in [0.05, 0.1) is 6.10 Å². The Labute approximate surface area is 131 Å². The number of hydrogen-bond donors (Lipinski definition) is 1. The van der Waals surface area contributed by atoms with E-state index >= 15 is 0 Å². The molecule has 0 saturated carbocycles. The first kappa shape index (κ1) is 16.2. The summed E-state index contributed by atoms with van der Waals surface area (Å²) in [5, 5.41) is 4.89. The average Bonchev–Trinajstić information content (AvgIpc) is 2.78. The second kappa shape index (κ2) is 7.69. The minimum atomic E-state index is 0.329. The van der Waals surface area contributed by atoms with Gasteiger partial charge >= 0.3 is 0 Å². The number of ether oxygens (including phenoxy) is 1. The van der Waals surface area contributed by atoms with Crippen LogP contribution in [-0.4, -0.2) is 24.5 Å². The Hall–Kier alpha value is -0.220. The highest BCUT2D eigenvalue weighted by atomic mass is 35.5. The third-order valence-electron chi connectivity index (χ3n) is 3.52. The molecule has 4 heteroatoms. The molecule has 1 aliphatic heterocycles. The molecule has 2 rings (SSSR count). The molecule has 2 atom stereocenters. The number of benzene rings is 1. The Morgan fingerprint density at radius 3 is 2.90 bits per heavy atom. The molecule has 1 saturated heterocycles. The first-order valence-electron chi connectivity index (χ1n) is 7.34. The van der Waals surface area contributed by atoms with Crippen LogP contribution < -0.4 is 5.32 Å². The second-order valence-electron chi connectivity index (χ2n) is 5.76. The van der Waals surface area contributed by atoms with Gasteiger partial charge in [0.2, 0.25) is 0 Å². The standard InChI is InChI=1S/C16H24ClNOS/c1-11(2)9-18-10-13-14(17)5-4-6-16(13)20-15-7-8-19-12(15)3/h4-6,11-12,15,18H,7-10H2,1-3H3. The maximum absolute atomic E-state index is 6.38. The van der Waals surface area contributed by atoms with E-state index in [-0.39, 0.29) is 0 Å². The van der Waals surface area contributed by atoms with Crippen LogP contribution in [0.2, 0.25) is 5.02 Å². The van der Waals surface area contributed by atoms with Gasteiger partial charge in [-0.2, -0.15) is 0 Å². The molecule has 1 heterocycles. The molecule has 1 fully saturated rings. The number of halogens is 1. The monoisotopic (exact) mass is 313 g/mol. The van der Waals surface area contributed by atoms with Gasteiger partial charge in [0.25, 0.3) is 0 Å². The van der Waals surface area contributed by atoms with Gasteiger partial charge in [0.15, 0.2) is 0 Å². The number of thioether (sulfide) groups is 1. The van der Waals surface area contributed by atoms with Crippen LogP contribution in [0.5, 0.6) is 0 Å². The van der Waals surface area contributed by atoms with Gasteiger partial charge in [-0.05, 0) is 43.5 Å². The predicted octanol–water partition coefficient (Wildman–Crippen LogP) is 4.36. The Morgan fingerprint density at radius 1 is 1.45 bits per heavy atom. The molecule has 0 spiro atoms. The maximum Gasteiger partial charge on any atom is 0.0669 e. The fourth-order valence-electron chi connectivity index (χ4n) is 2.34. The zero-order chi connectivity index (χ0) is 14.5. The topological polar surface area (TPSA) is 21.3 Å². The molecule has 1 aliphatic rings. The van der Waals surface area contributed by atoms with Crippen LogP contribution in [0, 0.1) is 5.92 Å². The highest BCUT2D eigenvalue weighted by Crippen LogP contribution is 2.36. The molecule has 0 aliphatic carbocycles. The van der Waals surface area contributed by atoms with Crippen LogP contribution in [0.1, 0.15) is 32.8 Å². The van der Waals surface area contributed by atoms with E-state index in [0.29, 0.717) is 17.3 Å². The van der Waals surface area contributed by atoms with Crippen molar-refractivity contribution in [3.63, 3.8) is 0 Å². The second-order valence-corrected chi connectivity index (χ2v) is 7.45. The average molecular weight is 314 g/mol. The van der Waals surface area contributed by atoms with Crippen molar-refractivity contribution < 1.29 is 4.74 Å². The highest BCUT2D eigenvalue weighted by Gasteiger charge is 2.26. The molecule has 0 amide bonds. The van der Waals surface area contributed by atoms with Crippen molar-refractivity contribution in [3.05, 3.63) is 28.8 Å². The molecule has 1 aromatic carbocycles. The summed E-state index contributed by atoms with van der Waals surface area (Å²) in [5.74, 6) is 0.650. The van der Waals surface area contributed by atoms with Crippen molar-refractivity contribution in [3.8, 4) is 0 Å². The van der Waals surface area contributed by atoms with E-state index in [4.69, 9.17) is 16.3 Å². The molecule has 2 nitrogen and oxygen atoms in total. The molecule has 0 bridgehead atoms. The van der Waals surface area contributed by atoms with Gasteiger partial charge in [-0.25, -0.2) is 0 Å². The largest absolute Gasteiger partial charge is 0.377 e. The van der Waals surface area contributed by atoms with Crippen molar-refractivity contribution in [2.24, 2.45) is 5.92 Å². The molecule has 0 radical (unpaired) electrons. The molecule has 2 unspecified atom stereocenters. The number of hydrogen-bond acceptors (Lipinski definition) is 3. The fourth-order valence-corrected chi connectivity index (χ4v) is 3.93. The SMILES string of the molecule is CC(C)CNCc1c(Cl)cccc1SC1CCOC1C. The summed E-state index contributed by atoms with van der Waals surface area (Å²) in [6.07, 6.45) is 1.45. The van der Waals surface area contributed by atoms with Crippen LogP contribution in [0.25, 0.3) is 0 Å². The van der Waals surface area contributed by atoms with E-state index in [1.807, 2.05) is 23.9 Å². The van der Waals surface area contributed by atoms with Gasteiger partial charge in [-0.1, -0.05) is 31.5 Å². The summed E-state index contributed by atoms with van der Waals surface area (Å²) in [6.45, 7) is 9.31. The van der Waals surface area contributed by atoms with Crippen molar-refractivity contribution in [2.75, 3.05) is 13.2 Å². The molecule has 20 heavy (non-hydrogen) atoms. The van der Waals surface area contributed by atoms with E-state index in [9.17, 15) is 0 Å². The summed E-state index contributed by atoms with van der Waals surface area (Å²) >= 11 is 8.29. The summed E-state index contributed by atoms with van der Waals surface area (Å²) in [7, 11) is 0. The molecular weight excluding hydrogens is 290 g/mol. The minimum Gasteiger partial charge on any atom is -0.377 e. The lowest BCUT2D eigenvalue weighted by Crippen LogP contribution is -2.20. The molecule has 1 aromatic rings. The minimum absolute atomic E-state index is 0.329. The van der Waals surface area contributed by atoms with Crippen molar-refractivity contribution in [1.29, 1.82) is 0 Å². The van der Waals surface area contributed by atoms with Gasteiger partial charge in [0.1, 0.15) is 0 Å². The van der Waals surface area contributed by atoms with E-state index in [1.54, 1.807) is 0 Å². The van der Waals surface area contributed by atoms with Crippen molar-refractivity contribution >= 4 is 23.4 Å². The number of rotatable bonds is 6. The summed E-state index contributed by atoms with van der Waals surface area (Å²) in [6, 6.07) is 6.19. The number of nitrogens with one attached hydrogen (secondary N) is 1. The Bertz CT molecular complexity index is 438. The molecule has 112 valence electrons. The van der Waals surface area contributed by atoms with Crippen LogP contribution in [0.15, 0.2) is 23.1 Å². The van der Waals surface area contributed by atoms with Gasteiger partial charge in [-0.15, -0.1) is 11.8 Å². The lowest BCUT2D eigenvalue weighted by Gasteiger charge is -2.18. The van der Waals surface area contributed by atoms with E-state index in [0.717, 1.165) is 31.1 Å². The van der Waals surface area contributed by atoms with Gasteiger partial charge in [0, 0.05) is 28.3 Å². The fraction of sp³-hybridized carbons (Fsp3) is 0.625. The first-order valence-corrected chi connectivity index (χ1v) is 8.60. The van der Waals surface area contributed by atoms with Crippen LogP contribution in [0.3, 0.4) is 0 Å². The Morgan fingerprint density at radius 2 is 2.25 bits per heavy atom. The lowest BCUT2D eigenvalue weighted by molar-refractivity contribution is 0.127. The van der Waals surface area contributed by atoms with Crippen LogP contribution >= 0.6 is 23.4 Å². The predicted molar refractivity (Wildman–Crippen MR) is 87.7 cm³/mol. The highest BCUT2D eigenvalue weighted by molar-refractivity contribution is 8.00. The van der Waals surface area contributed by atoms with Gasteiger partial charge < -0.3 is 10.1 Å². The first-order chi connectivity index (χ1) is 9.58. The quantitative estimate of drug-likeness (QED) is 0.843. The normalized spacial score (nSPS) is 22.6. The van der Waals surface area contributed by atoms with Crippen molar-refractivity contribution in [1.82, 2.24) is 5.32 Å². The molecule has 1 N–H and O–H groups in total. The smallest absolute Gasteiger partial charge is 0.0669 e. The lowest BCUT2D eigenvalue weighted by atomic mass is 10.2. The third kappa shape index (κ3) is 4.39. The zero-order valence-corrected chi connectivity index (χ0v) is 14.1. The van der Waals surface area contributed by atoms with E-state index < -0.39 is 0 Å². The van der Waals surface area contributed by atoms with Crippen LogP contribution in [-0.2, 0) is 11.3 Å². The zero-order valence-electron chi connectivity index (χ0n) is 12.5. The van der Waals surface area contributed by atoms with Gasteiger partial charge in [-0.3, -0.25) is 0 Å². The summed E-state index contributed by atoms with van der Waals surface area (Å²) < 4.78 is 5.65. The van der Waals surface area contributed by atoms with E-state index in [2.05, 4.69) is 32.2 Å². The Kier molecular flexibility index (Phi) is 6.21. The summed E-state index contributed by atoms with van der Waals surface area (Å²) in [4.78, 5) is 1.29. The van der Waals surface area contributed by atoms with Crippen LogP contribution in [0.4, 0.5) is 0 Å². The van der Waals surface area contributed by atoms with Crippen molar-refractivity contribution in [2.45, 2.75) is 50.0 Å². The Balaban J connectivity index is 2.05. The maximum atomic E-state index is 6.38. The molecule has 0 aromatic heterocycles. The van der Waals surface area contributed by atoms with E-state index in [1.165, 1.54) is 10.5 Å².